The average molecular weight is 330 g/mol. The van der Waals surface area contributed by atoms with Gasteiger partial charge in [0.2, 0.25) is 5.91 Å². The number of halogens is 1. The van der Waals surface area contributed by atoms with Crippen LogP contribution in [0.2, 0.25) is 0 Å². The minimum absolute atomic E-state index is 0.0151. The smallest absolute Gasteiger partial charge is 0.241 e. The number of nitrogens with one attached hydrogen (secondary N) is 2. The van der Waals surface area contributed by atoms with E-state index in [2.05, 4.69) is 39.3 Å². The maximum absolute atomic E-state index is 11.9. The summed E-state index contributed by atoms with van der Waals surface area (Å²) in [6.45, 7) is 2.96. The number of benzene rings is 1. The molecule has 1 aromatic rings. The van der Waals surface area contributed by atoms with Gasteiger partial charge in [0.25, 0.3) is 0 Å². The molecule has 0 bridgehead atoms. The van der Waals surface area contributed by atoms with Gasteiger partial charge in [0.15, 0.2) is 0 Å². The lowest BCUT2D eigenvalue weighted by Crippen LogP contribution is -2.35. The maximum atomic E-state index is 11.9. The van der Waals surface area contributed by atoms with Crippen LogP contribution in [0.3, 0.4) is 0 Å². The van der Waals surface area contributed by atoms with E-state index in [4.69, 9.17) is 0 Å². The number of hydrogen-bond donors (Lipinski definition) is 2. The topological polar surface area (TPSA) is 41.1 Å². The SMILES string of the molecule is Cc1cc(I)ccc1NC(=O)[C@@H]1CCCN1. The van der Waals surface area contributed by atoms with Crippen molar-refractivity contribution < 1.29 is 4.79 Å². The molecule has 2 rings (SSSR count). The first-order valence-corrected chi connectivity index (χ1v) is 6.55. The van der Waals surface area contributed by atoms with Gasteiger partial charge in [0.1, 0.15) is 0 Å². The molecule has 86 valence electrons. The highest BCUT2D eigenvalue weighted by Gasteiger charge is 2.22. The van der Waals surface area contributed by atoms with E-state index in [1.54, 1.807) is 0 Å². The molecule has 1 amide bonds. The molecule has 1 heterocycles. The number of amides is 1. The van der Waals surface area contributed by atoms with Crippen LogP contribution in [-0.4, -0.2) is 18.5 Å². The van der Waals surface area contributed by atoms with E-state index in [0.717, 1.165) is 30.6 Å². The number of carbonyl (C=O) groups excluding carboxylic acids is 1. The van der Waals surface area contributed by atoms with Gasteiger partial charge in [-0.15, -0.1) is 0 Å². The van der Waals surface area contributed by atoms with Gasteiger partial charge >= 0.3 is 0 Å². The first-order valence-electron chi connectivity index (χ1n) is 5.47. The van der Waals surface area contributed by atoms with Crippen LogP contribution in [0.25, 0.3) is 0 Å². The molecule has 1 aromatic carbocycles. The number of anilines is 1. The summed E-state index contributed by atoms with van der Waals surface area (Å²) in [4.78, 5) is 11.9. The molecule has 1 atom stereocenters. The molecule has 0 saturated carbocycles. The minimum Gasteiger partial charge on any atom is -0.324 e. The minimum atomic E-state index is -0.0151. The van der Waals surface area contributed by atoms with E-state index in [9.17, 15) is 4.79 Å². The van der Waals surface area contributed by atoms with E-state index >= 15 is 0 Å². The normalized spacial score (nSPS) is 19.8. The summed E-state index contributed by atoms with van der Waals surface area (Å²) in [5.41, 5.74) is 2.03. The van der Waals surface area contributed by atoms with Gasteiger partial charge in [-0.2, -0.15) is 0 Å². The highest BCUT2D eigenvalue weighted by atomic mass is 127. The van der Waals surface area contributed by atoms with Crippen molar-refractivity contribution in [1.82, 2.24) is 5.32 Å². The van der Waals surface area contributed by atoms with Crippen molar-refractivity contribution in [3.05, 3.63) is 27.3 Å². The van der Waals surface area contributed by atoms with Crippen molar-refractivity contribution in [2.75, 3.05) is 11.9 Å². The third-order valence-corrected chi connectivity index (χ3v) is 3.49. The molecule has 4 heteroatoms. The van der Waals surface area contributed by atoms with Crippen molar-refractivity contribution in [3.8, 4) is 0 Å². The predicted molar refractivity (Wildman–Crippen MR) is 73.6 cm³/mol. The second-order valence-electron chi connectivity index (χ2n) is 4.10. The second kappa shape index (κ2) is 5.14. The fourth-order valence-corrected chi connectivity index (χ4v) is 2.54. The first-order chi connectivity index (χ1) is 7.66. The van der Waals surface area contributed by atoms with E-state index in [0.29, 0.717) is 0 Å². The second-order valence-corrected chi connectivity index (χ2v) is 5.34. The fourth-order valence-electron chi connectivity index (χ4n) is 1.90. The zero-order valence-corrected chi connectivity index (χ0v) is 11.4. The van der Waals surface area contributed by atoms with E-state index in [-0.39, 0.29) is 11.9 Å². The molecule has 0 radical (unpaired) electrons. The third-order valence-electron chi connectivity index (χ3n) is 2.82. The van der Waals surface area contributed by atoms with Crippen molar-refractivity contribution in [2.24, 2.45) is 0 Å². The Bertz CT molecular complexity index is 400. The van der Waals surface area contributed by atoms with Crippen molar-refractivity contribution in [2.45, 2.75) is 25.8 Å². The van der Waals surface area contributed by atoms with Gasteiger partial charge in [-0.3, -0.25) is 4.79 Å². The Labute approximate surface area is 109 Å². The Morgan fingerprint density at radius 2 is 2.38 bits per heavy atom. The Hall–Kier alpha value is -0.620. The van der Waals surface area contributed by atoms with Crippen LogP contribution >= 0.6 is 22.6 Å². The standard InChI is InChI=1S/C12H15IN2O/c1-8-7-9(13)4-5-10(8)15-12(16)11-3-2-6-14-11/h4-5,7,11,14H,2-3,6H2,1H3,(H,15,16)/t11-/m0/s1. The summed E-state index contributed by atoms with van der Waals surface area (Å²) in [5, 5.41) is 6.17. The maximum Gasteiger partial charge on any atom is 0.241 e. The number of rotatable bonds is 2. The lowest BCUT2D eigenvalue weighted by molar-refractivity contribution is -0.117. The van der Waals surface area contributed by atoms with E-state index in [1.165, 1.54) is 3.57 Å². The summed E-state index contributed by atoms with van der Waals surface area (Å²) in [6.07, 6.45) is 2.03. The van der Waals surface area contributed by atoms with E-state index < -0.39 is 0 Å². The zero-order chi connectivity index (χ0) is 11.5. The molecule has 0 unspecified atom stereocenters. The van der Waals surface area contributed by atoms with Crippen LogP contribution in [0.15, 0.2) is 18.2 Å². The molecule has 1 saturated heterocycles. The molecule has 1 fully saturated rings. The van der Waals surface area contributed by atoms with Gasteiger partial charge < -0.3 is 10.6 Å². The largest absolute Gasteiger partial charge is 0.324 e. The molecule has 3 nitrogen and oxygen atoms in total. The first kappa shape index (κ1) is 11.9. The lowest BCUT2D eigenvalue weighted by atomic mass is 10.1. The van der Waals surface area contributed by atoms with Gasteiger partial charge in [-0.05, 0) is 72.7 Å². The molecule has 0 aliphatic carbocycles. The number of carbonyl (C=O) groups is 1. The van der Waals surface area contributed by atoms with Crippen molar-refractivity contribution >= 4 is 34.2 Å². The molecule has 2 N–H and O–H groups in total. The van der Waals surface area contributed by atoms with Crippen LogP contribution < -0.4 is 10.6 Å². The molecule has 1 aliphatic rings. The Balaban J connectivity index is 2.05. The number of aryl methyl sites for hydroxylation is 1. The van der Waals surface area contributed by atoms with E-state index in [1.807, 2.05) is 19.1 Å². The van der Waals surface area contributed by atoms with Crippen LogP contribution in [0.1, 0.15) is 18.4 Å². The summed E-state index contributed by atoms with van der Waals surface area (Å²) in [6, 6.07) is 6.02. The van der Waals surface area contributed by atoms with Gasteiger partial charge in [-0.25, -0.2) is 0 Å². The summed E-state index contributed by atoms with van der Waals surface area (Å²) >= 11 is 2.27. The number of hydrogen-bond acceptors (Lipinski definition) is 2. The lowest BCUT2D eigenvalue weighted by Gasteiger charge is -2.13. The molecule has 0 aromatic heterocycles. The Morgan fingerprint density at radius 3 is 3.00 bits per heavy atom. The molecular formula is C12H15IN2O. The zero-order valence-electron chi connectivity index (χ0n) is 9.22. The molecule has 16 heavy (non-hydrogen) atoms. The summed E-state index contributed by atoms with van der Waals surface area (Å²) in [5.74, 6) is 0.0850. The summed E-state index contributed by atoms with van der Waals surface area (Å²) in [7, 11) is 0. The Morgan fingerprint density at radius 1 is 1.56 bits per heavy atom. The predicted octanol–water partition coefficient (Wildman–Crippen LogP) is 2.29. The molecule has 0 spiro atoms. The molecular weight excluding hydrogens is 315 g/mol. The van der Waals surface area contributed by atoms with Gasteiger partial charge in [-0.1, -0.05) is 0 Å². The van der Waals surface area contributed by atoms with Crippen LogP contribution in [0.5, 0.6) is 0 Å². The van der Waals surface area contributed by atoms with Crippen LogP contribution in [0, 0.1) is 10.5 Å². The van der Waals surface area contributed by atoms with Crippen LogP contribution in [0.4, 0.5) is 5.69 Å². The average Bonchev–Trinajstić information content (AvgIpc) is 2.75. The summed E-state index contributed by atoms with van der Waals surface area (Å²) < 4.78 is 1.19. The highest BCUT2D eigenvalue weighted by molar-refractivity contribution is 14.1. The Kier molecular flexibility index (Phi) is 3.81. The van der Waals surface area contributed by atoms with Crippen molar-refractivity contribution in [1.29, 1.82) is 0 Å². The fraction of sp³-hybridized carbons (Fsp3) is 0.417. The van der Waals surface area contributed by atoms with Gasteiger partial charge in [0, 0.05) is 9.26 Å². The molecule has 1 aliphatic heterocycles. The van der Waals surface area contributed by atoms with Crippen molar-refractivity contribution in [3.63, 3.8) is 0 Å². The highest BCUT2D eigenvalue weighted by Crippen LogP contribution is 2.18. The monoisotopic (exact) mass is 330 g/mol. The van der Waals surface area contributed by atoms with Crippen LogP contribution in [-0.2, 0) is 4.79 Å². The quantitative estimate of drug-likeness (QED) is 0.817. The van der Waals surface area contributed by atoms with Gasteiger partial charge in [0.05, 0.1) is 6.04 Å². The third kappa shape index (κ3) is 2.74.